The van der Waals surface area contributed by atoms with Crippen LogP contribution >= 0.6 is 0 Å². The van der Waals surface area contributed by atoms with Gasteiger partial charge >= 0.3 is 0 Å². The molecule has 1 aromatic carbocycles. The zero-order valence-corrected chi connectivity index (χ0v) is 13.8. The van der Waals surface area contributed by atoms with Crippen LogP contribution in [0.3, 0.4) is 0 Å². The number of anilines is 1. The van der Waals surface area contributed by atoms with E-state index < -0.39 is 0 Å². The second-order valence-electron chi connectivity index (χ2n) is 6.19. The quantitative estimate of drug-likeness (QED) is 0.758. The number of nitrogens with one attached hydrogen (secondary N) is 2. The van der Waals surface area contributed by atoms with Gasteiger partial charge in [-0.1, -0.05) is 12.1 Å². The van der Waals surface area contributed by atoms with Crippen LogP contribution in [0.5, 0.6) is 0 Å². The summed E-state index contributed by atoms with van der Waals surface area (Å²) in [5, 5.41) is 14.6. The maximum absolute atomic E-state index is 12.6. The Balaban J connectivity index is 1.58. The van der Waals surface area contributed by atoms with Crippen molar-refractivity contribution in [2.24, 2.45) is 5.92 Å². The first-order valence-corrected chi connectivity index (χ1v) is 8.24. The highest BCUT2D eigenvalue weighted by Crippen LogP contribution is 2.30. The SMILES string of the molecule is N#Cc1ccc(-c2c[nH]n(-c3ccc(NC(=O)C4CC4)cn3)c2=O)cc1. The van der Waals surface area contributed by atoms with E-state index in [4.69, 9.17) is 5.26 Å². The Labute approximate surface area is 148 Å². The molecule has 2 heterocycles. The molecular formula is C19H15N5O2. The lowest BCUT2D eigenvalue weighted by molar-refractivity contribution is -0.117. The zero-order valence-electron chi connectivity index (χ0n) is 13.8. The lowest BCUT2D eigenvalue weighted by atomic mass is 10.1. The molecule has 26 heavy (non-hydrogen) atoms. The number of rotatable bonds is 4. The van der Waals surface area contributed by atoms with Crippen molar-refractivity contribution in [2.75, 3.05) is 5.32 Å². The summed E-state index contributed by atoms with van der Waals surface area (Å²) in [6, 6.07) is 12.2. The van der Waals surface area contributed by atoms with Gasteiger partial charge in [0.25, 0.3) is 5.56 Å². The number of aromatic nitrogens is 3. The summed E-state index contributed by atoms with van der Waals surface area (Å²) < 4.78 is 1.33. The van der Waals surface area contributed by atoms with E-state index in [1.165, 1.54) is 10.9 Å². The van der Waals surface area contributed by atoms with Gasteiger partial charge in [-0.05, 0) is 42.7 Å². The highest BCUT2D eigenvalue weighted by atomic mass is 16.2. The highest BCUT2D eigenvalue weighted by Gasteiger charge is 2.29. The van der Waals surface area contributed by atoms with Crippen LogP contribution in [0.1, 0.15) is 18.4 Å². The summed E-state index contributed by atoms with van der Waals surface area (Å²) in [5.74, 6) is 0.565. The molecule has 0 saturated heterocycles. The van der Waals surface area contributed by atoms with Gasteiger partial charge in [-0.25, -0.2) is 9.67 Å². The number of pyridine rings is 1. The molecule has 0 bridgehead atoms. The van der Waals surface area contributed by atoms with Crippen molar-refractivity contribution < 1.29 is 4.79 Å². The number of nitriles is 1. The minimum Gasteiger partial charge on any atom is -0.324 e. The van der Waals surface area contributed by atoms with Gasteiger partial charge in [0, 0.05) is 12.1 Å². The first-order chi connectivity index (χ1) is 12.7. The highest BCUT2D eigenvalue weighted by molar-refractivity contribution is 5.93. The Morgan fingerprint density at radius 1 is 1.23 bits per heavy atom. The molecule has 0 radical (unpaired) electrons. The molecule has 1 fully saturated rings. The summed E-state index contributed by atoms with van der Waals surface area (Å²) in [6.45, 7) is 0. The number of H-pyrrole nitrogens is 1. The molecule has 2 N–H and O–H groups in total. The molecule has 128 valence electrons. The van der Waals surface area contributed by atoms with Crippen molar-refractivity contribution in [2.45, 2.75) is 12.8 Å². The lowest BCUT2D eigenvalue weighted by Crippen LogP contribution is -2.17. The van der Waals surface area contributed by atoms with Gasteiger partial charge in [0.1, 0.15) is 0 Å². The number of nitrogens with zero attached hydrogens (tertiary/aromatic N) is 3. The van der Waals surface area contributed by atoms with Gasteiger partial charge in [-0.15, -0.1) is 0 Å². The van der Waals surface area contributed by atoms with Gasteiger partial charge in [0.05, 0.1) is 29.1 Å². The predicted molar refractivity (Wildman–Crippen MR) is 95.7 cm³/mol. The summed E-state index contributed by atoms with van der Waals surface area (Å²) in [7, 11) is 0. The van der Waals surface area contributed by atoms with E-state index in [0.717, 1.165) is 18.4 Å². The van der Waals surface area contributed by atoms with E-state index >= 15 is 0 Å². The Bertz CT molecular complexity index is 1050. The van der Waals surface area contributed by atoms with Gasteiger partial charge in [-0.2, -0.15) is 5.26 Å². The fraction of sp³-hybridized carbons (Fsp3) is 0.158. The van der Waals surface area contributed by atoms with Gasteiger partial charge in [0.2, 0.25) is 5.91 Å². The maximum Gasteiger partial charge on any atom is 0.280 e. The van der Waals surface area contributed by atoms with Crippen LogP contribution in [0.2, 0.25) is 0 Å². The molecule has 1 aliphatic rings. The normalized spacial score (nSPS) is 13.2. The number of amides is 1. The molecule has 0 atom stereocenters. The fourth-order valence-electron chi connectivity index (χ4n) is 2.65. The van der Waals surface area contributed by atoms with Crippen molar-refractivity contribution >= 4 is 11.6 Å². The Morgan fingerprint density at radius 2 is 2.00 bits per heavy atom. The lowest BCUT2D eigenvalue weighted by Gasteiger charge is -2.05. The zero-order chi connectivity index (χ0) is 18.1. The molecule has 1 aliphatic carbocycles. The third-order valence-electron chi connectivity index (χ3n) is 4.29. The monoisotopic (exact) mass is 345 g/mol. The summed E-state index contributed by atoms with van der Waals surface area (Å²) in [5.41, 5.74) is 2.12. The molecule has 7 heteroatoms. The van der Waals surface area contributed by atoms with Crippen molar-refractivity contribution in [1.29, 1.82) is 5.26 Å². The molecule has 1 saturated carbocycles. The number of aromatic amines is 1. The molecule has 4 rings (SSSR count). The summed E-state index contributed by atoms with van der Waals surface area (Å²) >= 11 is 0. The minimum atomic E-state index is -0.239. The minimum absolute atomic E-state index is 0.0136. The number of carbonyl (C=O) groups excluding carboxylic acids is 1. The van der Waals surface area contributed by atoms with Gasteiger partial charge in [0.15, 0.2) is 5.82 Å². The van der Waals surface area contributed by atoms with E-state index in [0.29, 0.717) is 22.6 Å². The van der Waals surface area contributed by atoms with Crippen LogP contribution in [0, 0.1) is 17.2 Å². The van der Waals surface area contributed by atoms with Crippen molar-refractivity contribution in [3.63, 3.8) is 0 Å². The number of hydrogen-bond acceptors (Lipinski definition) is 4. The summed E-state index contributed by atoms with van der Waals surface area (Å²) in [4.78, 5) is 28.7. The molecule has 3 aromatic rings. The van der Waals surface area contributed by atoms with Crippen LogP contribution in [0.4, 0.5) is 5.69 Å². The van der Waals surface area contributed by atoms with Crippen molar-refractivity contribution in [1.82, 2.24) is 14.8 Å². The van der Waals surface area contributed by atoms with E-state index in [-0.39, 0.29) is 17.4 Å². The largest absolute Gasteiger partial charge is 0.324 e. The van der Waals surface area contributed by atoms with Crippen LogP contribution in [0.15, 0.2) is 53.6 Å². The molecule has 7 nitrogen and oxygen atoms in total. The standard InChI is InChI=1S/C19H15N5O2/c20-9-12-1-3-13(4-2-12)16-11-22-24(19(16)26)17-8-7-15(10-21-17)23-18(25)14-5-6-14/h1-4,7-8,10-11,14,22H,5-6H2,(H,23,25). The van der Waals surface area contributed by atoms with Gasteiger partial charge < -0.3 is 5.32 Å². The van der Waals surface area contributed by atoms with E-state index in [1.807, 2.05) is 6.07 Å². The molecule has 0 spiro atoms. The van der Waals surface area contributed by atoms with Gasteiger partial charge in [-0.3, -0.25) is 14.7 Å². The molecule has 2 aromatic heterocycles. The average Bonchev–Trinajstić information content (AvgIpc) is 3.46. The fourth-order valence-corrected chi connectivity index (χ4v) is 2.65. The van der Waals surface area contributed by atoms with Crippen molar-refractivity contribution in [3.05, 3.63) is 64.7 Å². The van der Waals surface area contributed by atoms with E-state index in [2.05, 4.69) is 15.4 Å². The van der Waals surface area contributed by atoms with Crippen LogP contribution < -0.4 is 10.9 Å². The predicted octanol–water partition coefficient (Wildman–Crippen LogP) is 2.45. The first-order valence-electron chi connectivity index (χ1n) is 8.24. The van der Waals surface area contributed by atoms with Crippen molar-refractivity contribution in [3.8, 4) is 23.0 Å². The third-order valence-corrected chi connectivity index (χ3v) is 4.29. The molecule has 1 amide bonds. The van der Waals surface area contributed by atoms with Crippen LogP contribution in [-0.2, 0) is 4.79 Å². The Morgan fingerprint density at radius 3 is 2.62 bits per heavy atom. The van der Waals surface area contributed by atoms with Crippen LogP contribution in [0.25, 0.3) is 16.9 Å². The Hall–Kier alpha value is -3.66. The average molecular weight is 345 g/mol. The first kappa shape index (κ1) is 15.8. The summed E-state index contributed by atoms with van der Waals surface area (Å²) in [6.07, 6.45) is 5.01. The maximum atomic E-state index is 12.6. The number of hydrogen-bond donors (Lipinski definition) is 2. The smallest absolute Gasteiger partial charge is 0.280 e. The number of carbonyl (C=O) groups is 1. The Kier molecular flexibility index (Phi) is 3.86. The molecule has 0 aliphatic heterocycles. The molecular weight excluding hydrogens is 330 g/mol. The topological polar surface area (TPSA) is 104 Å². The van der Waals surface area contributed by atoms with E-state index in [1.54, 1.807) is 42.6 Å². The molecule has 0 unspecified atom stereocenters. The second-order valence-corrected chi connectivity index (χ2v) is 6.19. The third kappa shape index (κ3) is 3.00. The van der Waals surface area contributed by atoms with E-state index in [9.17, 15) is 9.59 Å². The second kappa shape index (κ2) is 6.33. The van der Waals surface area contributed by atoms with Crippen LogP contribution in [-0.4, -0.2) is 20.7 Å². The number of benzene rings is 1.